The van der Waals surface area contributed by atoms with E-state index in [1.807, 2.05) is 12.1 Å². The van der Waals surface area contributed by atoms with Gasteiger partial charge in [-0.05, 0) is 60.9 Å². The standard InChI is InChI=1S/C24H19F3N2O2/c25-14-1-3-16(18(26)11-14)17-4-2-15(12-19(17)27)29-24(30)23-21-6-5-20(31-21)22(23)13-7-9-28-10-8-13/h1-4,7-12,20-23H,5-6H2,(H,29,30). The van der Waals surface area contributed by atoms with Crippen molar-refractivity contribution in [3.05, 3.63) is 83.9 Å². The summed E-state index contributed by atoms with van der Waals surface area (Å²) in [6.07, 6.45) is 4.89. The zero-order valence-electron chi connectivity index (χ0n) is 16.4. The number of benzene rings is 2. The van der Waals surface area contributed by atoms with Gasteiger partial charge in [-0.3, -0.25) is 9.78 Å². The van der Waals surface area contributed by atoms with Gasteiger partial charge in [-0.2, -0.15) is 0 Å². The molecule has 0 aliphatic carbocycles. The van der Waals surface area contributed by atoms with Crippen LogP contribution in [-0.2, 0) is 9.53 Å². The third-order valence-electron chi connectivity index (χ3n) is 6.12. The summed E-state index contributed by atoms with van der Waals surface area (Å²) in [6, 6.07) is 10.8. The number of halogens is 3. The minimum absolute atomic E-state index is 0.00609. The van der Waals surface area contributed by atoms with Crippen LogP contribution in [0.1, 0.15) is 24.3 Å². The number of hydrogen-bond acceptors (Lipinski definition) is 3. The first-order chi connectivity index (χ1) is 15.0. The molecule has 1 N–H and O–H groups in total. The summed E-state index contributed by atoms with van der Waals surface area (Å²) in [6.45, 7) is 0. The maximum atomic E-state index is 14.7. The summed E-state index contributed by atoms with van der Waals surface area (Å²) < 4.78 is 47.9. The number of nitrogens with one attached hydrogen (secondary N) is 1. The van der Waals surface area contributed by atoms with E-state index in [9.17, 15) is 18.0 Å². The molecule has 2 aliphatic rings. The van der Waals surface area contributed by atoms with Crippen molar-refractivity contribution >= 4 is 11.6 Å². The molecular weight excluding hydrogens is 405 g/mol. The lowest BCUT2D eigenvalue weighted by molar-refractivity contribution is -0.121. The summed E-state index contributed by atoms with van der Waals surface area (Å²) >= 11 is 0. The lowest BCUT2D eigenvalue weighted by Crippen LogP contribution is -2.36. The summed E-state index contributed by atoms with van der Waals surface area (Å²) in [4.78, 5) is 17.2. The first-order valence-corrected chi connectivity index (χ1v) is 10.1. The van der Waals surface area contributed by atoms with Gasteiger partial charge < -0.3 is 10.1 Å². The molecule has 0 radical (unpaired) electrons. The van der Waals surface area contributed by atoms with Gasteiger partial charge in [-0.15, -0.1) is 0 Å². The second kappa shape index (κ2) is 7.81. The number of pyridine rings is 1. The maximum absolute atomic E-state index is 14.7. The highest BCUT2D eigenvalue weighted by Gasteiger charge is 2.52. The van der Waals surface area contributed by atoms with E-state index in [0.717, 1.165) is 30.5 Å². The number of nitrogens with zero attached hydrogens (tertiary/aromatic N) is 1. The maximum Gasteiger partial charge on any atom is 0.230 e. The van der Waals surface area contributed by atoms with Crippen molar-refractivity contribution in [2.75, 3.05) is 5.32 Å². The van der Waals surface area contributed by atoms with Crippen LogP contribution >= 0.6 is 0 Å². The molecule has 5 rings (SSSR count). The predicted molar refractivity (Wildman–Crippen MR) is 109 cm³/mol. The molecule has 1 aromatic heterocycles. The van der Waals surface area contributed by atoms with Gasteiger partial charge in [0.15, 0.2) is 0 Å². The number of hydrogen-bond donors (Lipinski definition) is 1. The molecule has 4 nitrogen and oxygen atoms in total. The largest absolute Gasteiger partial charge is 0.373 e. The van der Waals surface area contributed by atoms with Crippen LogP contribution in [0.5, 0.6) is 0 Å². The van der Waals surface area contributed by atoms with E-state index >= 15 is 0 Å². The summed E-state index contributed by atoms with van der Waals surface area (Å²) in [7, 11) is 0. The minimum atomic E-state index is -0.852. The SMILES string of the molecule is O=C(Nc1ccc(-c2ccc(F)cc2F)c(F)c1)C1C2CCC(O2)C1c1ccncc1. The number of aromatic nitrogens is 1. The monoisotopic (exact) mass is 424 g/mol. The van der Waals surface area contributed by atoms with E-state index in [1.54, 1.807) is 12.4 Å². The molecule has 3 aromatic rings. The predicted octanol–water partition coefficient (Wildman–Crippen LogP) is 5.07. The minimum Gasteiger partial charge on any atom is -0.373 e. The Morgan fingerprint density at radius 2 is 1.58 bits per heavy atom. The lowest BCUT2D eigenvalue weighted by atomic mass is 9.75. The van der Waals surface area contributed by atoms with Crippen molar-refractivity contribution in [3.63, 3.8) is 0 Å². The van der Waals surface area contributed by atoms with Crippen molar-refractivity contribution in [1.82, 2.24) is 4.98 Å². The molecule has 2 fully saturated rings. The fourth-order valence-corrected chi connectivity index (χ4v) is 4.76. The molecule has 0 saturated carbocycles. The highest BCUT2D eigenvalue weighted by molar-refractivity contribution is 5.94. The first kappa shape index (κ1) is 19.8. The third kappa shape index (κ3) is 3.59. The molecule has 3 heterocycles. The van der Waals surface area contributed by atoms with E-state index in [0.29, 0.717) is 6.07 Å². The Morgan fingerprint density at radius 1 is 0.903 bits per heavy atom. The van der Waals surface area contributed by atoms with E-state index < -0.39 is 23.4 Å². The number of amides is 1. The average molecular weight is 424 g/mol. The molecule has 2 bridgehead atoms. The van der Waals surface area contributed by atoms with Crippen molar-refractivity contribution in [2.24, 2.45) is 5.92 Å². The average Bonchev–Trinajstić information content (AvgIpc) is 3.37. The Bertz CT molecular complexity index is 1140. The van der Waals surface area contributed by atoms with Crippen LogP contribution in [0.25, 0.3) is 11.1 Å². The van der Waals surface area contributed by atoms with Crippen molar-refractivity contribution in [2.45, 2.75) is 31.0 Å². The molecule has 4 atom stereocenters. The first-order valence-electron chi connectivity index (χ1n) is 10.1. The molecular formula is C24H19F3N2O2. The summed E-state index contributed by atoms with van der Waals surface area (Å²) in [5.74, 6) is -3.01. The van der Waals surface area contributed by atoms with Crippen molar-refractivity contribution < 1.29 is 22.7 Å². The Balaban J connectivity index is 1.38. The van der Waals surface area contributed by atoms with Gasteiger partial charge in [0.25, 0.3) is 0 Å². The van der Waals surface area contributed by atoms with Gasteiger partial charge in [-0.25, -0.2) is 13.2 Å². The van der Waals surface area contributed by atoms with Crippen LogP contribution in [0.15, 0.2) is 60.9 Å². The van der Waals surface area contributed by atoms with Crippen LogP contribution < -0.4 is 5.32 Å². The second-order valence-corrected chi connectivity index (χ2v) is 7.93. The van der Waals surface area contributed by atoms with E-state index in [-0.39, 0.29) is 40.8 Å². The Hall–Kier alpha value is -3.19. The number of fused-ring (bicyclic) bond motifs is 2. The number of ether oxygens (including phenoxy) is 1. The molecule has 2 aliphatic heterocycles. The highest BCUT2D eigenvalue weighted by atomic mass is 19.1. The van der Waals surface area contributed by atoms with E-state index in [1.165, 1.54) is 18.2 Å². The van der Waals surface area contributed by atoms with Crippen LogP contribution in [-0.4, -0.2) is 23.1 Å². The Labute approximate surface area is 177 Å². The summed E-state index contributed by atoms with van der Waals surface area (Å²) in [5.41, 5.74) is 1.21. The lowest BCUT2D eigenvalue weighted by Gasteiger charge is -2.27. The highest BCUT2D eigenvalue weighted by Crippen LogP contribution is 2.49. The van der Waals surface area contributed by atoms with Crippen LogP contribution in [0.3, 0.4) is 0 Å². The zero-order valence-corrected chi connectivity index (χ0v) is 16.4. The molecule has 1 amide bonds. The third-order valence-corrected chi connectivity index (χ3v) is 6.12. The fourth-order valence-electron chi connectivity index (χ4n) is 4.76. The number of anilines is 1. The van der Waals surface area contributed by atoms with Gasteiger partial charge >= 0.3 is 0 Å². The van der Waals surface area contributed by atoms with Gasteiger partial charge in [0.05, 0.1) is 18.1 Å². The quantitative estimate of drug-likeness (QED) is 0.637. The van der Waals surface area contributed by atoms with Gasteiger partial charge in [0.1, 0.15) is 17.5 Å². The summed E-state index contributed by atoms with van der Waals surface area (Å²) in [5, 5.41) is 2.78. The Morgan fingerprint density at radius 3 is 2.29 bits per heavy atom. The molecule has 158 valence electrons. The molecule has 7 heteroatoms. The number of rotatable bonds is 4. The number of carbonyl (C=O) groups excluding carboxylic acids is 1. The molecule has 31 heavy (non-hydrogen) atoms. The van der Waals surface area contributed by atoms with Crippen LogP contribution in [0.2, 0.25) is 0 Å². The van der Waals surface area contributed by atoms with Gasteiger partial charge in [0, 0.05) is 41.2 Å². The van der Waals surface area contributed by atoms with E-state index in [2.05, 4.69) is 10.3 Å². The van der Waals surface area contributed by atoms with E-state index in [4.69, 9.17) is 4.74 Å². The Kier molecular flexibility index (Phi) is 4.98. The molecule has 0 spiro atoms. The normalized spacial score (nSPS) is 24.4. The van der Waals surface area contributed by atoms with Crippen LogP contribution in [0, 0.1) is 23.4 Å². The smallest absolute Gasteiger partial charge is 0.230 e. The van der Waals surface area contributed by atoms with Gasteiger partial charge in [-0.1, -0.05) is 0 Å². The molecule has 2 saturated heterocycles. The second-order valence-electron chi connectivity index (χ2n) is 7.93. The molecule has 4 unspecified atom stereocenters. The number of carbonyl (C=O) groups is 1. The fraction of sp³-hybridized carbons (Fsp3) is 0.250. The molecule has 2 aromatic carbocycles. The van der Waals surface area contributed by atoms with Crippen LogP contribution in [0.4, 0.5) is 18.9 Å². The van der Waals surface area contributed by atoms with Gasteiger partial charge in [0.2, 0.25) is 5.91 Å². The topological polar surface area (TPSA) is 51.2 Å². The zero-order chi connectivity index (χ0) is 21.5. The van der Waals surface area contributed by atoms with Crippen molar-refractivity contribution in [3.8, 4) is 11.1 Å². The van der Waals surface area contributed by atoms with Crippen molar-refractivity contribution in [1.29, 1.82) is 0 Å².